The van der Waals surface area contributed by atoms with Gasteiger partial charge >= 0.3 is 0 Å². The molecule has 3 heterocycles. The average molecular weight is 375 g/mol. The Bertz CT molecular complexity index is 727. The molecule has 3 aliphatic rings. The highest BCUT2D eigenvalue weighted by Crippen LogP contribution is 2.29. The molecule has 2 N–H and O–H groups in total. The maximum atomic E-state index is 12.9. The predicted molar refractivity (Wildman–Crippen MR) is 95.4 cm³/mol. The molecule has 24 heavy (non-hydrogen) atoms. The van der Waals surface area contributed by atoms with Crippen molar-refractivity contribution in [3.63, 3.8) is 0 Å². The van der Waals surface area contributed by atoms with Crippen molar-refractivity contribution in [2.75, 3.05) is 25.4 Å². The summed E-state index contributed by atoms with van der Waals surface area (Å²) < 4.78 is 27.4. The molecule has 0 bridgehead atoms. The third-order valence-electron chi connectivity index (χ3n) is 4.69. The van der Waals surface area contributed by atoms with Crippen LogP contribution >= 0.6 is 12.4 Å². The summed E-state index contributed by atoms with van der Waals surface area (Å²) >= 11 is 0. The van der Waals surface area contributed by atoms with Crippen molar-refractivity contribution >= 4 is 34.2 Å². The van der Waals surface area contributed by atoms with E-state index in [2.05, 4.69) is 4.40 Å². The molecule has 0 aromatic heterocycles. The van der Waals surface area contributed by atoms with Gasteiger partial charge in [-0.25, -0.2) is 8.42 Å². The van der Waals surface area contributed by atoms with E-state index in [1.165, 1.54) is 0 Å². The third kappa shape index (κ3) is 3.50. The second kappa shape index (κ2) is 6.50. The molecule has 1 unspecified atom stereocenters. The number of allylic oxidation sites excluding steroid dienone is 2. The fraction of sp³-hybridized carbons (Fsp3) is 0.600. The first-order valence-electron chi connectivity index (χ1n) is 7.73. The largest absolute Gasteiger partial charge is 0.338 e. The maximum absolute atomic E-state index is 12.9. The minimum atomic E-state index is -3.50. The molecular formula is C15H23ClN4O3S. The second-order valence-corrected chi connectivity index (χ2v) is 8.68. The number of likely N-dealkylation sites (tertiary alicyclic amines) is 1. The van der Waals surface area contributed by atoms with Crippen molar-refractivity contribution in [2.24, 2.45) is 15.5 Å². The fourth-order valence-corrected chi connectivity index (χ4v) is 4.09. The van der Waals surface area contributed by atoms with Crippen LogP contribution in [0.25, 0.3) is 0 Å². The number of amidine groups is 1. The van der Waals surface area contributed by atoms with E-state index in [-0.39, 0.29) is 41.4 Å². The first kappa shape index (κ1) is 19.0. The highest BCUT2D eigenvalue weighted by atomic mass is 35.5. The van der Waals surface area contributed by atoms with Gasteiger partial charge < -0.3 is 15.5 Å². The molecule has 0 aliphatic carbocycles. The van der Waals surface area contributed by atoms with Crippen LogP contribution in [0.15, 0.2) is 28.3 Å². The molecule has 1 amide bonds. The first-order chi connectivity index (χ1) is 10.7. The highest BCUT2D eigenvalue weighted by molar-refractivity contribution is 7.90. The van der Waals surface area contributed by atoms with Gasteiger partial charge in [0, 0.05) is 31.9 Å². The Morgan fingerprint density at radius 2 is 2.08 bits per heavy atom. The summed E-state index contributed by atoms with van der Waals surface area (Å²) in [5.41, 5.74) is 6.29. The number of sulfonamides is 1. The van der Waals surface area contributed by atoms with Crippen LogP contribution in [0, 0.1) is 5.41 Å². The summed E-state index contributed by atoms with van der Waals surface area (Å²) in [4.78, 5) is 16.4. The Hall–Kier alpha value is -1.38. The van der Waals surface area contributed by atoms with Crippen molar-refractivity contribution in [3.8, 4) is 0 Å². The molecule has 0 spiro atoms. The van der Waals surface area contributed by atoms with Crippen LogP contribution in [0.2, 0.25) is 0 Å². The van der Waals surface area contributed by atoms with E-state index in [1.807, 2.05) is 13.8 Å². The maximum Gasteiger partial charge on any atom is 0.257 e. The van der Waals surface area contributed by atoms with Crippen LogP contribution in [0.5, 0.6) is 0 Å². The van der Waals surface area contributed by atoms with Gasteiger partial charge in [-0.05, 0) is 24.0 Å². The lowest BCUT2D eigenvalue weighted by Gasteiger charge is -2.43. The van der Waals surface area contributed by atoms with Crippen molar-refractivity contribution < 1.29 is 13.2 Å². The molecule has 134 valence electrons. The smallest absolute Gasteiger partial charge is 0.257 e. The molecule has 0 aromatic carbocycles. The zero-order valence-corrected chi connectivity index (χ0v) is 15.4. The monoisotopic (exact) mass is 374 g/mol. The van der Waals surface area contributed by atoms with Gasteiger partial charge in [-0.3, -0.25) is 4.79 Å². The van der Waals surface area contributed by atoms with E-state index in [4.69, 9.17) is 5.73 Å². The van der Waals surface area contributed by atoms with Gasteiger partial charge in [-0.15, -0.1) is 16.8 Å². The third-order valence-corrected chi connectivity index (χ3v) is 5.84. The minimum Gasteiger partial charge on any atom is -0.338 e. The van der Waals surface area contributed by atoms with E-state index in [9.17, 15) is 13.2 Å². The molecule has 0 aromatic rings. The van der Waals surface area contributed by atoms with Crippen LogP contribution in [0.1, 0.15) is 20.3 Å². The van der Waals surface area contributed by atoms with E-state index in [0.29, 0.717) is 25.2 Å². The number of amides is 1. The standard InChI is InChI=1S/C15H22N4O3S.ClH/c1-15(2)10-19(7-5-12(15)16)14(20)11-4-3-6-18-8-9-23(21,22)17-13(11)18;/h3-4,6,12H,5,7-10,16H2,1-2H3;1H. The first-order valence-corrected chi connectivity index (χ1v) is 9.33. The predicted octanol–water partition coefficient (Wildman–Crippen LogP) is 0.492. The Balaban J connectivity index is 0.00000208. The van der Waals surface area contributed by atoms with Crippen LogP contribution in [0.3, 0.4) is 0 Å². The number of nitrogens with two attached hydrogens (primary N) is 1. The Kier molecular flexibility index (Phi) is 5.13. The molecule has 1 fully saturated rings. The number of hydrogen-bond acceptors (Lipinski definition) is 5. The lowest BCUT2D eigenvalue weighted by molar-refractivity contribution is -0.130. The molecular weight excluding hydrogens is 352 g/mol. The summed E-state index contributed by atoms with van der Waals surface area (Å²) in [5.74, 6) is 0.0140. The minimum absolute atomic E-state index is 0. The van der Waals surface area contributed by atoms with Crippen molar-refractivity contribution in [2.45, 2.75) is 26.3 Å². The summed E-state index contributed by atoms with van der Waals surface area (Å²) in [6.45, 7) is 5.53. The number of halogens is 1. The SMILES string of the molecule is CC1(C)CN(C(=O)C2=CC=CN3CCS(=O)(=O)N=C23)CCC1N.Cl. The number of carbonyl (C=O) groups excluding carboxylic acids is 1. The van der Waals surface area contributed by atoms with Gasteiger partial charge in [0.15, 0.2) is 5.84 Å². The Labute approximate surface area is 148 Å². The average Bonchev–Trinajstić information content (AvgIpc) is 2.48. The van der Waals surface area contributed by atoms with E-state index in [0.717, 1.165) is 6.42 Å². The number of fused-ring (bicyclic) bond motifs is 1. The summed E-state index contributed by atoms with van der Waals surface area (Å²) in [6, 6.07) is 0.0516. The number of carbonyl (C=O) groups is 1. The number of hydrogen-bond donors (Lipinski definition) is 1. The van der Waals surface area contributed by atoms with E-state index < -0.39 is 10.0 Å². The van der Waals surface area contributed by atoms with Gasteiger partial charge in [-0.2, -0.15) is 0 Å². The summed E-state index contributed by atoms with van der Waals surface area (Å²) in [5, 5.41) is 0. The van der Waals surface area contributed by atoms with Crippen LogP contribution in [-0.4, -0.2) is 61.4 Å². The molecule has 3 rings (SSSR count). The number of rotatable bonds is 1. The zero-order valence-electron chi connectivity index (χ0n) is 13.8. The van der Waals surface area contributed by atoms with Gasteiger partial charge in [0.1, 0.15) is 0 Å². The van der Waals surface area contributed by atoms with Crippen molar-refractivity contribution in [3.05, 3.63) is 23.9 Å². The molecule has 1 atom stereocenters. The van der Waals surface area contributed by atoms with Crippen LogP contribution in [0.4, 0.5) is 0 Å². The summed E-state index contributed by atoms with van der Waals surface area (Å²) in [6.07, 6.45) is 5.88. The summed E-state index contributed by atoms with van der Waals surface area (Å²) in [7, 11) is -3.50. The molecule has 9 heteroatoms. The second-order valence-electron chi connectivity index (χ2n) is 6.93. The zero-order chi connectivity index (χ0) is 16.8. The van der Waals surface area contributed by atoms with Gasteiger partial charge in [0.25, 0.3) is 15.9 Å². The lowest BCUT2D eigenvalue weighted by Crippen LogP contribution is -2.55. The van der Waals surface area contributed by atoms with Gasteiger partial charge in [0.2, 0.25) is 0 Å². The van der Waals surface area contributed by atoms with E-state index >= 15 is 0 Å². The molecule has 7 nitrogen and oxygen atoms in total. The van der Waals surface area contributed by atoms with Crippen molar-refractivity contribution in [1.29, 1.82) is 0 Å². The lowest BCUT2D eigenvalue weighted by atomic mass is 9.79. The highest BCUT2D eigenvalue weighted by Gasteiger charge is 2.38. The van der Waals surface area contributed by atoms with Gasteiger partial charge in [0.05, 0.1) is 11.3 Å². The number of nitrogens with zero attached hydrogens (tertiary/aromatic N) is 3. The molecule has 1 saturated heterocycles. The quantitative estimate of drug-likeness (QED) is 0.720. The topological polar surface area (TPSA) is 96.1 Å². The Morgan fingerprint density at radius 1 is 1.38 bits per heavy atom. The van der Waals surface area contributed by atoms with E-state index in [1.54, 1.807) is 28.2 Å². The van der Waals surface area contributed by atoms with Crippen LogP contribution < -0.4 is 5.73 Å². The van der Waals surface area contributed by atoms with Crippen molar-refractivity contribution in [1.82, 2.24) is 9.80 Å². The van der Waals surface area contributed by atoms with Gasteiger partial charge in [-0.1, -0.05) is 13.8 Å². The Morgan fingerprint density at radius 3 is 2.75 bits per heavy atom. The normalized spacial score (nSPS) is 27.5. The fourth-order valence-electron chi connectivity index (χ4n) is 3.10. The molecule has 3 aliphatic heterocycles. The van der Waals surface area contributed by atoms with Crippen LogP contribution in [-0.2, 0) is 14.8 Å². The number of piperidine rings is 1. The molecule has 0 radical (unpaired) electrons. The molecule has 0 saturated carbocycles.